The fraction of sp³-hybridized carbons (Fsp3) is 0.135. The summed E-state index contributed by atoms with van der Waals surface area (Å²) in [6, 6.07) is 27.1. The van der Waals surface area contributed by atoms with E-state index in [0.29, 0.717) is 63.8 Å². The Balaban J connectivity index is 1.39. The van der Waals surface area contributed by atoms with Gasteiger partial charge in [0.25, 0.3) is 11.5 Å². The van der Waals surface area contributed by atoms with Crippen molar-refractivity contribution >= 4 is 39.7 Å². The summed E-state index contributed by atoms with van der Waals surface area (Å²) in [7, 11) is 1.59. The second-order valence-electron chi connectivity index (χ2n) is 10.4. The number of nitrogens with one attached hydrogen (secondary N) is 1. The minimum Gasteiger partial charge on any atom is -0.496 e. The number of rotatable bonds is 12. The van der Waals surface area contributed by atoms with Gasteiger partial charge in [0.05, 0.1) is 36.2 Å². The van der Waals surface area contributed by atoms with Crippen LogP contribution >= 0.6 is 0 Å². The molecule has 4 aromatic carbocycles. The van der Waals surface area contributed by atoms with Crippen molar-refractivity contribution in [1.29, 1.82) is 0 Å². The quantitative estimate of drug-likeness (QED) is 0.116. The molecule has 1 N–H and O–H groups in total. The molecule has 10 heteroatoms. The molecule has 6 aromatic rings. The van der Waals surface area contributed by atoms with E-state index in [9.17, 15) is 9.59 Å². The first kappa shape index (κ1) is 30.8. The van der Waals surface area contributed by atoms with Crippen molar-refractivity contribution < 1.29 is 23.4 Å². The van der Waals surface area contributed by atoms with E-state index in [0.717, 1.165) is 10.9 Å². The summed E-state index contributed by atoms with van der Waals surface area (Å²) in [6.45, 7) is 5.87. The topological polar surface area (TPSA) is 117 Å². The van der Waals surface area contributed by atoms with Crippen LogP contribution in [0.4, 0.5) is 5.69 Å². The van der Waals surface area contributed by atoms with E-state index < -0.39 is 0 Å². The molecule has 0 saturated carbocycles. The lowest BCUT2D eigenvalue weighted by molar-refractivity contribution is -0.118. The first-order chi connectivity index (χ1) is 23.0. The molecule has 10 nitrogen and oxygen atoms in total. The number of allylic oxidation sites excluding steroid dienone is 1. The summed E-state index contributed by atoms with van der Waals surface area (Å²) >= 11 is 0. The molecule has 0 bridgehead atoms. The highest BCUT2D eigenvalue weighted by Gasteiger charge is 2.19. The first-order valence-corrected chi connectivity index (χ1v) is 15.0. The molecular formula is C37H32N4O6. The summed E-state index contributed by atoms with van der Waals surface area (Å²) in [5.41, 5.74) is 2.76. The standard InChI is InChI=1S/C37H32N4O6/c1-4-12-25-19-24(20-32(45-5-2)35(25)46-23-34(42)39-26-13-7-6-8-14-26)22-38-41-36(40-29-16-10-9-15-27(29)37(41)43)33-21-28-30(44-3)17-11-18-31(28)47-33/h4,6-11,13-22H,1,5,12,23H2,2-3H3,(H,39,42). The van der Waals surface area contributed by atoms with E-state index >= 15 is 0 Å². The number of aromatic nitrogens is 2. The highest BCUT2D eigenvalue weighted by atomic mass is 16.5. The molecule has 0 spiro atoms. The zero-order valence-corrected chi connectivity index (χ0v) is 25.9. The monoisotopic (exact) mass is 628 g/mol. The zero-order chi connectivity index (χ0) is 32.8. The summed E-state index contributed by atoms with van der Waals surface area (Å²) < 4.78 is 24.8. The number of hydrogen-bond acceptors (Lipinski definition) is 8. The molecule has 0 aliphatic carbocycles. The van der Waals surface area contributed by atoms with Crippen LogP contribution in [0.15, 0.2) is 118 Å². The molecule has 2 aromatic heterocycles. The van der Waals surface area contributed by atoms with Crippen LogP contribution in [-0.4, -0.2) is 42.1 Å². The van der Waals surface area contributed by atoms with Crippen LogP contribution in [0.25, 0.3) is 33.5 Å². The maximum atomic E-state index is 13.8. The normalized spacial score (nSPS) is 11.2. The molecule has 0 unspecified atom stereocenters. The molecule has 0 aliphatic heterocycles. The van der Waals surface area contributed by atoms with Gasteiger partial charge in [-0.25, -0.2) is 4.98 Å². The van der Waals surface area contributed by atoms with Gasteiger partial charge in [-0.05, 0) is 73.5 Å². The van der Waals surface area contributed by atoms with Crippen LogP contribution in [0, 0.1) is 0 Å². The predicted molar refractivity (Wildman–Crippen MR) is 183 cm³/mol. The smallest absolute Gasteiger partial charge is 0.282 e. The van der Waals surface area contributed by atoms with E-state index in [1.165, 1.54) is 4.68 Å². The Morgan fingerprint density at radius 2 is 1.79 bits per heavy atom. The molecule has 0 saturated heterocycles. The number of carbonyl (C=O) groups is 1. The Bertz CT molecular complexity index is 2170. The summed E-state index contributed by atoms with van der Waals surface area (Å²) in [6.07, 6.45) is 3.71. The third kappa shape index (κ3) is 6.62. The van der Waals surface area contributed by atoms with Gasteiger partial charge in [0.15, 0.2) is 23.9 Å². The number of ether oxygens (including phenoxy) is 3. The fourth-order valence-corrected chi connectivity index (χ4v) is 5.19. The second-order valence-corrected chi connectivity index (χ2v) is 10.4. The highest BCUT2D eigenvalue weighted by molar-refractivity contribution is 5.92. The number of furan rings is 1. The largest absolute Gasteiger partial charge is 0.496 e. The molecule has 1 amide bonds. The van der Waals surface area contributed by atoms with Crippen molar-refractivity contribution in [3.05, 3.63) is 125 Å². The Morgan fingerprint density at radius 3 is 2.57 bits per heavy atom. The van der Waals surface area contributed by atoms with Crippen LogP contribution in [0.1, 0.15) is 18.1 Å². The maximum absolute atomic E-state index is 13.8. The van der Waals surface area contributed by atoms with Crippen LogP contribution < -0.4 is 25.1 Å². The number of para-hydroxylation sites is 2. The lowest BCUT2D eigenvalue weighted by atomic mass is 10.1. The Hall–Kier alpha value is -6.16. The van der Waals surface area contributed by atoms with E-state index in [1.54, 1.807) is 61.9 Å². The van der Waals surface area contributed by atoms with Crippen LogP contribution in [0.3, 0.4) is 0 Å². The van der Waals surface area contributed by atoms with Crippen LogP contribution in [0.5, 0.6) is 17.2 Å². The Kier molecular flexibility index (Phi) is 9.10. The number of amides is 1. The lowest BCUT2D eigenvalue weighted by Crippen LogP contribution is -2.21. The van der Waals surface area contributed by atoms with Crippen molar-refractivity contribution in [2.24, 2.45) is 5.10 Å². The number of benzene rings is 4. The molecule has 0 aliphatic rings. The van der Waals surface area contributed by atoms with Gasteiger partial charge >= 0.3 is 0 Å². The molecule has 236 valence electrons. The lowest BCUT2D eigenvalue weighted by Gasteiger charge is -2.16. The van der Waals surface area contributed by atoms with Crippen molar-refractivity contribution in [2.75, 3.05) is 25.6 Å². The van der Waals surface area contributed by atoms with Crippen LogP contribution in [0.2, 0.25) is 0 Å². The highest BCUT2D eigenvalue weighted by Crippen LogP contribution is 2.35. The van der Waals surface area contributed by atoms with Gasteiger partial charge in [-0.2, -0.15) is 9.78 Å². The number of carbonyl (C=O) groups excluding carboxylic acids is 1. The summed E-state index contributed by atoms with van der Waals surface area (Å²) in [5.74, 6) is 1.75. The molecular weight excluding hydrogens is 596 g/mol. The first-order valence-electron chi connectivity index (χ1n) is 15.0. The Morgan fingerprint density at radius 1 is 0.979 bits per heavy atom. The minimum atomic E-state index is -0.366. The molecule has 47 heavy (non-hydrogen) atoms. The molecule has 6 rings (SSSR count). The van der Waals surface area contributed by atoms with E-state index in [-0.39, 0.29) is 23.9 Å². The average Bonchev–Trinajstić information content (AvgIpc) is 3.53. The van der Waals surface area contributed by atoms with Gasteiger partial charge in [0, 0.05) is 11.3 Å². The molecule has 2 heterocycles. The number of hydrogen-bond donors (Lipinski definition) is 1. The van der Waals surface area contributed by atoms with Gasteiger partial charge < -0.3 is 23.9 Å². The van der Waals surface area contributed by atoms with Gasteiger partial charge in [-0.3, -0.25) is 9.59 Å². The molecule has 0 atom stereocenters. The van der Waals surface area contributed by atoms with Crippen molar-refractivity contribution in [1.82, 2.24) is 9.66 Å². The van der Waals surface area contributed by atoms with Gasteiger partial charge in [0.1, 0.15) is 11.3 Å². The third-order valence-corrected chi connectivity index (χ3v) is 7.26. The number of nitrogens with zero attached hydrogens (tertiary/aromatic N) is 3. The van der Waals surface area contributed by atoms with Gasteiger partial charge in [-0.15, -0.1) is 6.58 Å². The second kappa shape index (κ2) is 13.9. The van der Waals surface area contributed by atoms with Crippen molar-refractivity contribution in [2.45, 2.75) is 13.3 Å². The predicted octanol–water partition coefficient (Wildman–Crippen LogP) is 6.85. The minimum absolute atomic E-state index is 0.226. The summed E-state index contributed by atoms with van der Waals surface area (Å²) in [4.78, 5) is 31.2. The fourth-order valence-electron chi connectivity index (χ4n) is 5.19. The zero-order valence-electron chi connectivity index (χ0n) is 25.9. The van der Waals surface area contributed by atoms with Gasteiger partial charge in [-0.1, -0.05) is 42.5 Å². The SMILES string of the molecule is C=CCc1cc(C=Nn2c(-c3cc4c(OC)cccc4o3)nc3ccccc3c2=O)cc(OCC)c1OCC(=O)Nc1ccccc1. The maximum Gasteiger partial charge on any atom is 0.282 e. The Labute approximate surface area is 270 Å². The number of fused-ring (bicyclic) bond motifs is 2. The van der Waals surface area contributed by atoms with Gasteiger partial charge in [0.2, 0.25) is 5.82 Å². The number of methoxy groups -OCH3 is 1. The number of anilines is 1. The van der Waals surface area contributed by atoms with E-state index in [1.807, 2.05) is 55.5 Å². The molecule has 0 fully saturated rings. The molecule has 0 radical (unpaired) electrons. The van der Waals surface area contributed by atoms with Crippen molar-refractivity contribution in [3.8, 4) is 28.8 Å². The summed E-state index contributed by atoms with van der Waals surface area (Å²) in [5, 5.41) is 8.57. The third-order valence-electron chi connectivity index (χ3n) is 7.26. The van der Waals surface area contributed by atoms with Crippen LogP contribution in [-0.2, 0) is 11.2 Å². The van der Waals surface area contributed by atoms with Crippen molar-refractivity contribution in [3.63, 3.8) is 0 Å². The van der Waals surface area contributed by atoms with E-state index in [4.69, 9.17) is 23.6 Å². The van der Waals surface area contributed by atoms with E-state index in [2.05, 4.69) is 17.0 Å². The average molecular weight is 629 g/mol.